The van der Waals surface area contributed by atoms with Gasteiger partial charge >= 0.3 is 5.97 Å². The molecule has 0 spiro atoms. The Balaban J connectivity index is 1.51. The number of hydrogen-bond acceptors (Lipinski definition) is 7. The summed E-state index contributed by atoms with van der Waals surface area (Å²) in [5.74, 6) is -0.245. The van der Waals surface area contributed by atoms with Crippen molar-refractivity contribution < 1.29 is 14.3 Å². The summed E-state index contributed by atoms with van der Waals surface area (Å²) >= 11 is 1.46. The number of thiophene rings is 1. The maximum absolute atomic E-state index is 12.7. The fourth-order valence-electron chi connectivity index (χ4n) is 3.45. The fourth-order valence-corrected chi connectivity index (χ4v) is 4.74. The van der Waals surface area contributed by atoms with E-state index in [0.29, 0.717) is 16.4 Å². The number of tetrazole rings is 1. The minimum atomic E-state index is -0.384. The molecule has 0 bridgehead atoms. The number of rotatable bonds is 6. The average Bonchev–Trinajstić information content (AvgIpc) is 3.32. The zero-order chi connectivity index (χ0) is 21.1. The standard InChI is InChI=1S/C21H23N5O3S/c1-13(2)29-21(28)18-15-10-6-7-11-16(15)30-20(18)22-17(27)12-26-24-19(23-25-26)14-8-4-3-5-9-14/h3-5,8-9,13H,6-7,10-12H2,1-2H3,(H,22,27). The molecule has 1 N–H and O–H groups in total. The minimum Gasteiger partial charge on any atom is -0.459 e. The van der Waals surface area contributed by atoms with Gasteiger partial charge in [0, 0.05) is 10.4 Å². The number of hydrogen-bond donors (Lipinski definition) is 1. The zero-order valence-electron chi connectivity index (χ0n) is 16.9. The molecule has 0 radical (unpaired) electrons. The van der Waals surface area contributed by atoms with E-state index in [1.165, 1.54) is 16.1 Å². The number of esters is 1. The van der Waals surface area contributed by atoms with Crippen molar-refractivity contribution in [2.75, 3.05) is 5.32 Å². The highest BCUT2D eigenvalue weighted by Crippen LogP contribution is 2.38. The Kier molecular flexibility index (Phi) is 5.89. The number of amides is 1. The molecule has 1 aliphatic rings. The number of aromatic nitrogens is 4. The van der Waals surface area contributed by atoms with Gasteiger partial charge in [-0.2, -0.15) is 4.80 Å². The molecule has 1 aliphatic carbocycles. The molecule has 156 valence electrons. The first kappa shape index (κ1) is 20.2. The maximum Gasteiger partial charge on any atom is 0.341 e. The van der Waals surface area contributed by atoms with Crippen molar-refractivity contribution in [3.63, 3.8) is 0 Å². The summed E-state index contributed by atoms with van der Waals surface area (Å²) in [6.45, 7) is 3.53. The average molecular weight is 426 g/mol. The SMILES string of the molecule is CC(C)OC(=O)c1c(NC(=O)Cn2nnc(-c3ccccc3)n2)sc2c1CCCC2. The number of carbonyl (C=O) groups excluding carboxylic acids is 2. The number of carbonyl (C=O) groups is 2. The number of nitrogens with zero attached hydrogens (tertiary/aromatic N) is 4. The molecular formula is C21H23N5O3S. The molecule has 0 unspecified atom stereocenters. The molecule has 0 saturated heterocycles. The van der Waals surface area contributed by atoms with Gasteiger partial charge in [-0.25, -0.2) is 4.79 Å². The minimum absolute atomic E-state index is 0.0962. The van der Waals surface area contributed by atoms with Gasteiger partial charge in [-0.15, -0.1) is 21.5 Å². The van der Waals surface area contributed by atoms with Gasteiger partial charge in [-0.1, -0.05) is 30.3 Å². The number of aryl methyl sites for hydroxylation is 1. The van der Waals surface area contributed by atoms with Crippen LogP contribution in [0.4, 0.5) is 5.00 Å². The van der Waals surface area contributed by atoms with Crippen molar-refractivity contribution in [2.45, 2.75) is 52.2 Å². The van der Waals surface area contributed by atoms with Crippen molar-refractivity contribution in [1.29, 1.82) is 0 Å². The van der Waals surface area contributed by atoms with Gasteiger partial charge < -0.3 is 10.1 Å². The van der Waals surface area contributed by atoms with E-state index in [1.54, 1.807) is 0 Å². The van der Waals surface area contributed by atoms with E-state index in [1.807, 2.05) is 44.2 Å². The predicted octanol–water partition coefficient (Wildman–Crippen LogP) is 3.48. The van der Waals surface area contributed by atoms with Gasteiger partial charge in [0.05, 0.1) is 11.7 Å². The van der Waals surface area contributed by atoms with E-state index >= 15 is 0 Å². The lowest BCUT2D eigenvalue weighted by molar-refractivity contribution is -0.117. The Labute approximate surface area is 178 Å². The number of anilines is 1. The summed E-state index contributed by atoms with van der Waals surface area (Å²) < 4.78 is 5.43. The van der Waals surface area contributed by atoms with Crippen molar-refractivity contribution in [3.05, 3.63) is 46.3 Å². The molecule has 0 aliphatic heterocycles. The van der Waals surface area contributed by atoms with Crippen molar-refractivity contribution in [1.82, 2.24) is 20.2 Å². The third-order valence-electron chi connectivity index (χ3n) is 4.74. The highest BCUT2D eigenvalue weighted by molar-refractivity contribution is 7.17. The first-order valence-corrected chi connectivity index (χ1v) is 10.8. The second-order valence-electron chi connectivity index (χ2n) is 7.43. The molecule has 0 fully saturated rings. The van der Waals surface area contributed by atoms with Crippen LogP contribution in [0.15, 0.2) is 30.3 Å². The fraction of sp³-hybridized carbons (Fsp3) is 0.381. The summed E-state index contributed by atoms with van der Waals surface area (Å²) in [7, 11) is 0. The smallest absolute Gasteiger partial charge is 0.341 e. The molecule has 1 aromatic carbocycles. The molecule has 1 amide bonds. The second-order valence-corrected chi connectivity index (χ2v) is 8.53. The molecule has 2 aromatic heterocycles. The number of fused-ring (bicyclic) bond motifs is 1. The van der Waals surface area contributed by atoms with Crippen molar-refractivity contribution in [2.24, 2.45) is 0 Å². The highest BCUT2D eigenvalue weighted by Gasteiger charge is 2.28. The molecule has 2 heterocycles. The molecule has 8 nitrogen and oxygen atoms in total. The monoisotopic (exact) mass is 425 g/mol. The van der Waals surface area contributed by atoms with Crippen LogP contribution in [-0.4, -0.2) is 38.2 Å². The van der Waals surface area contributed by atoms with Crippen LogP contribution in [0.3, 0.4) is 0 Å². The molecule has 0 saturated carbocycles. The summed E-state index contributed by atoms with van der Waals surface area (Å²) in [5.41, 5.74) is 2.33. The van der Waals surface area contributed by atoms with Gasteiger partial charge in [0.25, 0.3) is 0 Å². The molecule has 0 atom stereocenters. The predicted molar refractivity (Wildman–Crippen MR) is 113 cm³/mol. The van der Waals surface area contributed by atoms with Crippen LogP contribution in [0, 0.1) is 0 Å². The van der Waals surface area contributed by atoms with Crippen LogP contribution < -0.4 is 5.32 Å². The first-order chi connectivity index (χ1) is 14.5. The van der Waals surface area contributed by atoms with Crippen molar-refractivity contribution in [3.8, 4) is 11.4 Å². The molecule has 4 rings (SSSR count). The quantitative estimate of drug-likeness (QED) is 0.607. The van der Waals surface area contributed by atoms with Crippen LogP contribution in [0.25, 0.3) is 11.4 Å². The number of ether oxygens (including phenoxy) is 1. The van der Waals surface area contributed by atoms with Crippen LogP contribution in [-0.2, 0) is 28.9 Å². The second kappa shape index (κ2) is 8.74. The van der Waals surface area contributed by atoms with E-state index in [9.17, 15) is 9.59 Å². The third kappa shape index (κ3) is 4.40. The first-order valence-electron chi connectivity index (χ1n) is 10.00. The summed E-state index contributed by atoms with van der Waals surface area (Å²) in [5, 5.41) is 15.7. The lowest BCUT2D eigenvalue weighted by atomic mass is 9.95. The van der Waals surface area contributed by atoms with Gasteiger partial charge in [0.2, 0.25) is 11.7 Å². The van der Waals surface area contributed by atoms with Gasteiger partial charge in [-0.3, -0.25) is 4.79 Å². The van der Waals surface area contributed by atoms with E-state index < -0.39 is 0 Å². The van der Waals surface area contributed by atoms with Gasteiger partial charge in [0.1, 0.15) is 11.5 Å². The van der Waals surface area contributed by atoms with E-state index in [0.717, 1.165) is 41.7 Å². The summed E-state index contributed by atoms with van der Waals surface area (Å²) in [6.07, 6.45) is 3.64. The Bertz CT molecular complexity index is 1060. The van der Waals surface area contributed by atoms with E-state index in [4.69, 9.17) is 4.74 Å². The molecular weight excluding hydrogens is 402 g/mol. The highest BCUT2D eigenvalue weighted by atomic mass is 32.1. The Hall–Kier alpha value is -3.07. The van der Waals surface area contributed by atoms with Crippen LogP contribution in [0.5, 0.6) is 0 Å². The number of nitrogens with one attached hydrogen (secondary N) is 1. The number of benzene rings is 1. The van der Waals surface area contributed by atoms with Gasteiger partial charge in [0.15, 0.2) is 0 Å². The molecule has 9 heteroatoms. The topological polar surface area (TPSA) is 99.0 Å². The van der Waals surface area contributed by atoms with Crippen LogP contribution in [0.1, 0.15) is 47.5 Å². The lowest BCUT2D eigenvalue weighted by Crippen LogP contribution is -2.22. The normalized spacial score (nSPS) is 13.2. The lowest BCUT2D eigenvalue weighted by Gasteiger charge is -2.14. The van der Waals surface area contributed by atoms with E-state index in [-0.39, 0.29) is 24.5 Å². The largest absolute Gasteiger partial charge is 0.459 e. The van der Waals surface area contributed by atoms with Gasteiger partial charge in [-0.05, 0) is 50.3 Å². The zero-order valence-corrected chi connectivity index (χ0v) is 17.7. The Morgan fingerprint density at radius 2 is 1.97 bits per heavy atom. The Morgan fingerprint density at radius 3 is 2.73 bits per heavy atom. The maximum atomic E-state index is 12.7. The molecule has 3 aromatic rings. The third-order valence-corrected chi connectivity index (χ3v) is 5.95. The van der Waals surface area contributed by atoms with E-state index in [2.05, 4.69) is 20.7 Å². The van der Waals surface area contributed by atoms with Crippen molar-refractivity contribution >= 4 is 28.2 Å². The summed E-state index contributed by atoms with van der Waals surface area (Å²) in [4.78, 5) is 27.8. The Morgan fingerprint density at radius 1 is 1.20 bits per heavy atom. The van der Waals surface area contributed by atoms with Crippen LogP contribution in [0.2, 0.25) is 0 Å². The van der Waals surface area contributed by atoms with Crippen LogP contribution >= 0.6 is 11.3 Å². The molecule has 30 heavy (non-hydrogen) atoms. The summed E-state index contributed by atoms with van der Waals surface area (Å²) in [6, 6.07) is 9.44.